The summed E-state index contributed by atoms with van der Waals surface area (Å²) in [6.45, 7) is 3.93. The summed E-state index contributed by atoms with van der Waals surface area (Å²) in [5.74, 6) is -0.927. The molecule has 1 aliphatic heterocycles. The van der Waals surface area contributed by atoms with Gasteiger partial charge >= 0.3 is 7.82 Å². The van der Waals surface area contributed by atoms with Gasteiger partial charge in [-0.1, -0.05) is 110 Å². The van der Waals surface area contributed by atoms with Gasteiger partial charge in [-0.2, -0.15) is 0 Å². The minimum atomic E-state index is -5.07. The Morgan fingerprint density at radius 1 is 0.810 bits per heavy atom. The molecule has 1 rings (SSSR count). The zero-order valence-electron chi connectivity index (χ0n) is 25.9. The molecule has 12 heteroatoms. The van der Waals surface area contributed by atoms with Crippen molar-refractivity contribution in [1.29, 1.82) is 0 Å². The predicted octanol–water partition coefficient (Wildman–Crippen LogP) is 5.06. The lowest BCUT2D eigenvalue weighted by atomic mass is 9.96. The molecule has 1 fully saturated rings. The topological polar surface area (TPSA) is 172 Å². The van der Waals surface area contributed by atoms with Crippen LogP contribution in [-0.4, -0.2) is 75.5 Å². The van der Waals surface area contributed by atoms with Crippen molar-refractivity contribution in [1.82, 2.24) is 5.32 Å². The van der Waals surface area contributed by atoms with Crippen LogP contribution in [0.3, 0.4) is 0 Å². The molecule has 0 radical (unpaired) electrons. The monoisotopic (exact) mass is 623 g/mol. The molecular weight excluding hydrogens is 565 g/mol. The highest BCUT2D eigenvalue weighted by Crippen LogP contribution is 2.41. The first-order chi connectivity index (χ1) is 20.1. The Bertz CT molecular complexity index is 764. The van der Waals surface area contributed by atoms with Gasteiger partial charge in [0.15, 0.2) is 6.29 Å². The van der Waals surface area contributed by atoms with Crippen LogP contribution in [0.2, 0.25) is 0 Å². The van der Waals surface area contributed by atoms with Crippen LogP contribution in [0.5, 0.6) is 0 Å². The molecule has 0 aromatic heterocycles. The molecule has 248 valence electrons. The van der Waals surface area contributed by atoms with E-state index in [2.05, 4.69) is 19.2 Å². The van der Waals surface area contributed by atoms with Gasteiger partial charge in [0, 0.05) is 13.0 Å². The second-order valence-corrected chi connectivity index (χ2v) is 12.7. The molecule has 0 aromatic carbocycles. The Labute approximate surface area is 252 Å². The number of amides is 1. The van der Waals surface area contributed by atoms with E-state index in [1.165, 1.54) is 57.8 Å². The SMILES string of the molecule is CCCCCCCCCCCC(=O)CC(=O)N[C@H]1[C@@H](OP(=O)(O)O)O[C@H](CO)[C@@H](O)[C@@H]1OCCCCCCCCCC. The summed E-state index contributed by atoms with van der Waals surface area (Å²) < 4.78 is 27.7. The van der Waals surface area contributed by atoms with E-state index in [1.807, 2.05) is 0 Å². The van der Waals surface area contributed by atoms with Gasteiger partial charge in [0.1, 0.15) is 30.1 Å². The lowest BCUT2D eigenvalue weighted by Crippen LogP contribution is -2.65. The number of ketones is 1. The number of phosphoric ester groups is 1. The Balaban J connectivity index is 2.64. The van der Waals surface area contributed by atoms with Crippen molar-refractivity contribution < 1.29 is 48.2 Å². The summed E-state index contributed by atoms with van der Waals surface area (Å²) in [6, 6.07) is -1.31. The van der Waals surface area contributed by atoms with Gasteiger partial charge in [-0.3, -0.25) is 14.1 Å². The molecular formula is C30H58NO10P. The van der Waals surface area contributed by atoms with Gasteiger partial charge in [-0.15, -0.1) is 0 Å². The molecule has 42 heavy (non-hydrogen) atoms. The number of Topliss-reactive ketones (excluding diaryl/α,β-unsaturated/α-hetero) is 1. The van der Waals surface area contributed by atoms with Gasteiger partial charge in [-0.25, -0.2) is 4.57 Å². The lowest BCUT2D eigenvalue weighted by Gasteiger charge is -2.44. The molecule has 0 aliphatic carbocycles. The molecule has 11 nitrogen and oxygen atoms in total. The third-order valence-electron chi connectivity index (χ3n) is 7.65. The molecule has 5 N–H and O–H groups in total. The van der Waals surface area contributed by atoms with Crippen LogP contribution in [0, 0.1) is 0 Å². The lowest BCUT2D eigenvalue weighted by molar-refractivity contribution is -0.256. The highest BCUT2D eigenvalue weighted by Gasteiger charge is 2.49. The maximum Gasteiger partial charge on any atom is 0.472 e. The number of phosphoric acid groups is 1. The van der Waals surface area contributed by atoms with E-state index in [0.29, 0.717) is 12.8 Å². The number of carbonyl (C=O) groups excluding carboxylic acids is 2. The van der Waals surface area contributed by atoms with Crippen LogP contribution in [-0.2, 0) is 28.2 Å². The first-order valence-electron chi connectivity index (χ1n) is 16.2. The number of nitrogens with one attached hydrogen (secondary N) is 1. The summed E-state index contributed by atoms with van der Waals surface area (Å²) in [5, 5.41) is 23.0. The molecule has 1 heterocycles. The second-order valence-electron chi connectivity index (χ2n) is 11.5. The zero-order chi connectivity index (χ0) is 31.2. The van der Waals surface area contributed by atoms with Gasteiger partial charge in [0.25, 0.3) is 0 Å². The number of unbranched alkanes of at least 4 members (excludes halogenated alkanes) is 15. The molecule has 1 amide bonds. The van der Waals surface area contributed by atoms with Gasteiger partial charge < -0.3 is 34.8 Å². The van der Waals surface area contributed by atoms with E-state index >= 15 is 0 Å². The third-order valence-corrected chi connectivity index (χ3v) is 8.13. The van der Waals surface area contributed by atoms with E-state index in [0.717, 1.165) is 38.5 Å². The van der Waals surface area contributed by atoms with Crippen LogP contribution < -0.4 is 5.32 Å². The number of hydrogen-bond acceptors (Lipinski definition) is 8. The first kappa shape index (κ1) is 39.1. The molecule has 0 aromatic rings. The molecule has 0 unspecified atom stereocenters. The Hall–Kier alpha value is -0.910. The van der Waals surface area contributed by atoms with E-state index < -0.39 is 57.4 Å². The van der Waals surface area contributed by atoms with Gasteiger partial charge in [0.2, 0.25) is 5.91 Å². The Morgan fingerprint density at radius 2 is 1.31 bits per heavy atom. The molecule has 0 saturated carbocycles. The summed E-state index contributed by atoms with van der Waals surface area (Å²) in [6.07, 6.45) is 12.9. The average molecular weight is 624 g/mol. The third kappa shape index (κ3) is 18.0. The zero-order valence-corrected chi connectivity index (χ0v) is 26.8. The van der Waals surface area contributed by atoms with Crippen molar-refractivity contribution in [2.24, 2.45) is 0 Å². The molecule has 1 saturated heterocycles. The first-order valence-corrected chi connectivity index (χ1v) is 17.8. The average Bonchev–Trinajstić information content (AvgIpc) is 2.93. The fraction of sp³-hybridized carbons (Fsp3) is 0.933. The van der Waals surface area contributed by atoms with Crippen LogP contribution in [0.1, 0.15) is 136 Å². The van der Waals surface area contributed by atoms with Gasteiger partial charge in [-0.05, 0) is 12.8 Å². The molecule has 0 spiro atoms. The van der Waals surface area contributed by atoms with E-state index in [1.54, 1.807) is 0 Å². The smallest absolute Gasteiger partial charge is 0.394 e. The van der Waals surface area contributed by atoms with E-state index in [4.69, 9.17) is 14.0 Å². The maximum absolute atomic E-state index is 12.8. The van der Waals surface area contributed by atoms with E-state index in [-0.39, 0.29) is 18.8 Å². The Kier molecular flexibility index (Phi) is 21.9. The molecule has 5 atom stereocenters. The summed E-state index contributed by atoms with van der Waals surface area (Å²) in [7, 11) is -5.07. The minimum Gasteiger partial charge on any atom is -0.394 e. The van der Waals surface area contributed by atoms with Crippen molar-refractivity contribution in [2.75, 3.05) is 13.2 Å². The summed E-state index contributed by atoms with van der Waals surface area (Å²) in [4.78, 5) is 44.1. The summed E-state index contributed by atoms with van der Waals surface area (Å²) >= 11 is 0. The quantitative estimate of drug-likeness (QED) is 0.0498. The number of aliphatic hydroxyl groups excluding tert-OH is 2. The number of rotatable bonds is 26. The van der Waals surface area contributed by atoms with Crippen molar-refractivity contribution in [3.63, 3.8) is 0 Å². The largest absolute Gasteiger partial charge is 0.472 e. The van der Waals surface area contributed by atoms with Crippen molar-refractivity contribution >= 4 is 19.5 Å². The molecule has 1 aliphatic rings. The number of hydrogen-bond donors (Lipinski definition) is 5. The van der Waals surface area contributed by atoms with Gasteiger partial charge in [0.05, 0.1) is 13.0 Å². The minimum absolute atomic E-state index is 0.224. The fourth-order valence-corrected chi connectivity index (χ4v) is 5.69. The number of carbonyl (C=O) groups is 2. The van der Waals surface area contributed by atoms with E-state index in [9.17, 15) is 34.2 Å². The molecule has 0 bridgehead atoms. The predicted molar refractivity (Wildman–Crippen MR) is 161 cm³/mol. The summed E-state index contributed by atoms with van der Waals surface area (Å²) in [5.41, 5.74) is 0. The standard InChI is InChI=1S/C30H58NO10P/c1-3-5-7-9-11-13-14-16-18-20-24(33)22-26(34)31-27-29(39-21-19-17-15-12-10-8-6-4-2)28(35)25(23-32)40-30(27)41-42(36,37)38/h25,27-30,32,35H,3-23H2,1-2H3,(H,31,34)(H2,36,37,38)/t25-,27-,28-,29-,30-/m1/s1. The highest BCUT2D eigenvalue weighted by atomic mass is 31.2. The second kappa shape index (κ2) is 23.5. The maximum atomic E-state index is 12.8. The van der Waals surface area contributed by atoms with Crippen molar-refractivity contribution in [2.45, 2.75) is 166 Å². The Morgan fingerprint density at radius 3 is 1.81 bits per heavy atom. The number of ether oxygens (including phenoxy) is 2. The van der Waals surface area contributed by atoms with Crippen molar-refractivity contribution in [3.8, 4) is 0 Å². The van der Waals surface area contributed by atoms with Crippen LogP contribution in [0.15, 0.2) is 0 Å². The number of aliphatic hydroxyl groups is 2. The fourth-order valence-electron chi connectivity index (χ4n) is 5.24. The van der Waals surface area contributed by atoms with Crippen LogP contribution in [0.4, 0.5) is 0 Å². The highest BCUT2D eigenvalue weighted by molar-refractivity contribution is 7.46. The van der Waals surface area contributed by atoms with Crippen molar-refractivity contribution in [3.05, 3.63) is 0 Å². The van der Waals surface area contributed by atoms with Crippen LogP contribution in [0.25, 0.3) is 0 Å². The normalized spacial score (nSPS) is 22.8. The van der Waals surface area contributed by atoms with Crippen LogP contribution >= 0.6 is 7.82 Å².